The minimum absolute atomic E-state index is 0.0446. The van der Waals surface area contributed by atoms with Crippen LogP contribution in [0.3, 0.4) is 0 Å². The van der Waals surface area contributed by atoms with Crippen molar-refractivity contribution in [2.45, 2.75) is 19.9 Å². The zero-order valence-corrected chi connectivity index (χ0v) is 17.4. The number of hydrogen-bond donors (Lipinski definition) is 4. The van der Waals surface area contributed by atoms with Crippen molar-refractivity contribution in [1.82, 2.24) is 25.5 Å². The third kappa shape index (κ3) is 4.05. The van der Waals surface area contributed by atoms with Crippen LogP contribution in [-0.4, -0.2) is 38.7 Å². The molecule has 0 fully saturated rings. The lowest BCUT2D eigenvalue weighted by Crippen LogP contribution is -2.40. The molecule has 0 unspecified atom stereocenters. The smallest absolute Gasteiger partial charge is 0.289 e. The number of para-hydroxylation sites is 1. The molecule has 2 aromatic heterocycles. The topological polar surface area (TPSA) is 122 Å². The van der Waals surface area contributed by atoms with Crippen molar-refractivity contribution in [2.24, 2.45) is 11.7 Å². The molecule has 0 aliphatic carbocycles. The fourth-order valence-corrected chi connectivity index (χ4v) is 3.17. The number of anilines is 2. The Morgan fingerprint density at radius 1 is 1.13 bits per heavy atom. The number of halogens is 1. The minimum Gasteiger partial charge on any atom is -0.348 e. The molecule has 0 aliphatic heterocycles. The van der Waals surface area contributed by atoms with Crippen molar-refractivity contribution in [3.8, 4) is 0 Å². The van der Waals surface area contributed by atoms with E-state index < -0.39 is 5.91 Å². The molecular weight excluding hydrogens is 402 g/mol. The Kier molecular flexibility index (Phi) is 5.52. The summed E-state index contributed by atoms with van der Waals surface area (Å²) in [7, 11) is 0. The number of amides is 1. The van der Waals surface area contributed by atoms with Gasteiger partial charge in [0.05, 0.1) is 11.0 Å². The Morgan fingerprint density at radius 2 is 1.93 bits per heavy atom. The summed E-state index contributed by atoms with van der Waals surface area (Å²) in [5.74, 6) is 0.938. The highest BCUT2D eigenvalue weighted by molar-refractivity contribution is 6.31. The fourth-order valence-electron chi connectivity index (χ4n) is 2.99. The number of rotatable bonds is 6. The summed E-state index contributed by atoms with van der Waals surface area (Å²) in [4.78, 5) is 21.5. The van der Waals surface area contributed by atoms with E-state index in [9.17, 15) is 4.79 Å². The normalized spacial score (nSPS) is 12.4. The van der Waals surface area contributed by atoms with E-state index in [0.717, 1.165) is 10.9 Å². The van der Waals surface area contributed by atoms with Crippen molar-refractivity contribution >= 4 is 50.9 Å². The van der Waals surface area contributed by atoms with E-state index in [1.807, 2.05) is 38.1 Å². The van der Waals surface area contributed by atoms with Crippen molar-refractivity contribution in [3.63, 3.8) is 0 Å². The monoisotopic (exact) mass is 423 g/mol. The molecule has 2 aromatic carbocycles. The number of hydrogen-bond acceptors (Lipinski definition) is 6. The van der Waals surface area contributed by atoms with Gasteiger partial charge in [-0.05, 0) is 36.2 Å². The second-order valence-electron chi connectivity index (χ2n) is 7.42. The summed E-state index contributed by atoms with van der Waals surface area (Å²) in [6.45, 7) is 4.35. The van der Waals surface area contributed by atoms with Crippen LogP contribution in [-0.2, 0) is 0 Å². The molecule has 30 heavy (non-hydrogen) atoms. The summed E-state index contributed by atoms with van der Waals surface area (Å²) < 4.78 is 0. The Morgan fingerprint density at radius 3 is 2.73 bits per heavy atom. The molecular formula is C21H22ClN7O. The van der Waals surface area contributed by atoms with E-state index in [1.54, 1.807) is 18.2 Å². The van der Waals surface area contributed by atoms with E-state index in [1.165, 1.54) is 0 Å². The van der Waals surface area contributed by atoms with Crippen molar-refractivity contribution in [1.29, 1.82) is 0 Å². The molecule has 154 valence electrons. The molecule has 1 atom stereocenters. The molecule has 0 bridgehead atoms. The fraction of sp³-hybridized carbons (Fsp3) is 0.238. The van der Waals surface area contributed by atoms with Crippen LogP contribution in [0.5, 0.6) is 0 Å². The molecule has 0 radical (unpaired) electrons. The number of nitrogens with zero attached hydrogens (tertiary/aromatic N) is 3. The number of aromatic nitrogens is 4. The second kappa shape index (κ2) is 8.25. The van der Waals surface area contributed by atoms with E-state index in [4.69, 9.17) is 17.3 Å². The number of carbonyl (C=O) groups is 1. The quantitative estimate of drug-likeness (QED) is 0.375. The third-order valence-corrected chi connectivity index (χ3v) is 5.16. The van der Waals surface area contributed by atoms with Crippen LogP contribution in [0, 0.1) is 5.92 Å². The van der Waals surface area contributed by atoms with Crippen LogP contribution in [0.25, 0.3) is 21.8 Å². The van der Waals surface area contributed by atoms with E-state index >= 15 is 0 Å². The minimum atomic E-state index is -0.391. The number of carbonyl (C=O) groups excluding carboxylic acids is 1. The summed E-state index contributed by atoms with van der Waals surface area (Å²) in [6, 6.07) is 12.8. The lowest BCUT2D eigenvalue weighted by molar-refractivity contribution is 0.0939. The molecule has 8 nitrogen and oxygen atoms in total. The first-order valence-electron chi connectivity index (χ1n) is 9.63. The molecule has 5 N–H and O–H groups in total. The van der Waals surface area contributed by atoms with Gasteiger partial charge in [0.2, 0.25) is 5.82 Å². The predicted octanol–water partition coefficient (Wildman–Crippen LogP) is 3.62. The predicted molar refractivity (Wildman–Crippen MR) is 119 cm³/mol. The van der Waals surface area contributed by atoms with E-state index in [2.05, 4.69) is 30.8 Å². The Balaban J connectivity index is 1.72. The molecule has 0 saturated carbocycles. The SMILES string of the molecule is CC(C)[C@@H](N)CNC(=O)c1nc(Nc2n[nH]c3ccccc23)c2cc(Cl)ccc2n1. The highest BCUT2D eigenvalue weighted by Gasteiger charge is 2.17. The first-order valence-corrected chi connectivity index (χ1v) is 10.0. The molecule has 0 spiro atoms. The first kappa shape index (κ1) is 20.1. The summed E-state index contributed by atoms with van der Waals surface area (Å²) in [6.07, 6.45) is 0. The summed E-state index contributed by atoms with van der Waals surface area (Å²) >= 11 is 6.19. The molecule has 9 heteroatoms. The van der Waals surface area contributed by atoms with E-state index in [-0.39, 0.29) is 17.8 Å². The van der Waals surface area contributed by atoms with Gasteiger partial charge in [0.25, 0.3) is 5.91 Å². The number of benzene rings is 2. The third-order valence-electron chi connectivity index (χ3n) is 4.92. The van der Waals surface area contributed by atoms with Gasteiger partial charge in [0.15, 0.2) is 5.82 Å². The standard InChI is InChI=1S/C21H22ClN7O/c1-11(2)15(23)10-24-21(30)20-25-16-8-7-12(22)9-14(16)18(27-20)26-19-13-5-3-4-6-17(13)28-29-19/h3-9,11,15H,10,23H2,1-2H3,(H,24,30)(H2,25,26,27,28,29)/t15-/m0/s1. The number of fused-ring (bicyclic) bond motifs is 2. The second-order valence-corrected chi connectivity index (χ2v) is 7.85. The molecule has 4 aromatic rings. The van der Waals surface area contributed by atoms with Gasteiger partial charge in [-0.15, -0.1) is 0 Å². The molecule has 1 amide bonds. The maximum absolute atomic E-state index is 12.7. The first-order chi connectivity index (χ1) is 14.4. The summed E-state index contributed by atoms with van der Waals surface area (Å²) in [5.41, 5.74) is 7.51. The zero-order chi connectivity index (χ0) is 21.3. The molecule has 4 rings (SSSR count). The van der Waals surface area contributed by atoms with Crippen LogP contribution in [0.1, 0.15) is 24.5 Å². The van der Waals surface area contributed by atoms with Crippen molar-refractivity contribution in [3.05, 3.63) is 53.3 Å². The van der Waals surface area contributed by atoms with Crippen LogP contribution in [0.2, 0.25) is 5.02 Å². The van der Waals surface area contributed by atoms with E-state index in [0.29, 0.717) is 34.1 Å². The van der Waals surface area contributed by atoms with Crippen LogP contribution in [0.4, 0.5) is 11.6 Å². The van der Waals surface area contributed by atoms with Gasteiger partial charge < -0.3 is 16.4 Å². The Bertz CT molecular complexity index is 1220. The van der Waals surface area contributed by atoms with Crippen molar-refractivity contribution < 1.29 is 4.79 Å². The average molecular weight is 424 g/mol. The van der Waals surface area contributed by atoms with Gasteiger partial charge in [-0.2, -0.15) is 5.10 Å². The van der Waals surface area contributed by atoms with Crippen LogP contribution >= 0.6 is 11.6 Å². The van der Waals surface area contributed by atoms with Gasteiger partial charge in [-0.1, -0.05) is 37.6 Å². The number of nitrogens with one attached hydrogen (secondary N) is 3. The number of H-pyrrole nitrogens is 1. The van der Waals surface area contributed by atoms with Gasteiger partial charge >= 0.3 is 0 Å². The average Bonchev–Trinajstić information content (AvgIpc) is 3.14. The zero-order valence-electron chi connectivity index (χ0n) is 16.6. The molecule has 2 heterocycles. The largest absolute Gasteiger partial charge is 0.348 e. The van der Waals surface area contributed by atoms with Gasteiger partial charge in [-0.3, -0.25) is 9.89 Å². The van der Waals surface area contributed by atoms with Gasteiger partial charge in [-0.25, -0.2) is 9.97 Å². The highest BCUT2D eigenvalue weighted by atomic mass is 35.5. The highest BCUT2D eigenvalue weighted by Crippen LogP contribution is 2.29. The summed E-state index contributed by atoms with van der Waals surface area (Å²) in [5, 5.41) is 15.5. The van der Waals surface area contributed by atoms with Crippen LogP contribution in [0.15, 0.2) is 42.5 Å². The maximum Gasteiger partial charge on any atom is 0.289 e. The lowest BCUT2D eigenvalue weighted by atomic mass is 10.1. The lowest BCUT2D eigenvalue weighted by Gasteiger charge is -2.16. The van der Waals surface area contributed by atoms with Gasteiger partial charge in [0, 0.05) is 28.4 Å². The Labute approximate surface area is 178 Å². The number of aromatic amines is 1. The molecule has 0 aliphatic rings. The Hall–Kier alpha value is -3.23. The van der Waals surface area contributed by atoms with Gasteiger partial charge in [0.1, 0.15) is 5.82 Å². The number of nitrogens with two attached hydrogens (primary N) is 1. The maximum atomic E-state index is 12.7. The molecule has 0 saturated heterocycles. The van der Waals surface area contributed by atoms with Crippen LogP contribution < -0.4 is 16.4 Å². The van der Waals surface area contributed by atoms with Crippen molar-refractivity contribution in [2.75, 3.05) is 11.9 Å².